The van der Waals surface area contributed by atoms with E-state index in [0.29, 0.717) is 12.0 Å². The molecule has 1 unspecified atom stereocenters. The van der Waals surface area contributed by atoms with Crippen molar-refractivity contribution in [3.63, 3.8) is 0 Å². The van der Waals surface area contributed by atoms with Crippen molar-refractivity contribution in [3.05, 3.63) is 70.8 Å². The van der Waals surface area contributed by atoms with Crippen molar-refractivity contribution in [1.29, 1.82) is 0 Å². The molecule has 1 atom stereocenters. The van der Waals surface area contributed by atoms with Crippen LogP contribution in [0.15, 0.2) is 48.5 Å². The first-order chi connectivity index (χ1) is 13.8. The van der Waals surface area contributed by atoms with E-state index in [4.69, 9.17) is 0 Å². The number of methoxy groups -OCH3 is 1. The molecule has 3 heteroatoms. The number of rotatable bonds is 6. The van der Waals surface area contributed by atoms with Crippen LogP contribution in [0.4, 0.5) is 0 Å². The molecule has 160 valence electrons. The Morgan fingerprint density at radius 3 is 1.66 bits per heavy atom. The fourth-order valence-corrected chi connectivity index (χ4v) is 2.73. The standard InChI is InChI=1S/C15H20O3.C8H10.C3H8/c1-4-5-14(10-11(2)16)12-6-8-13(9-7-12)15(17)18-3;1-7-3-5-8(2)6-4-7;1-3-2/h6-9,14H,4-5,10H2,1-3H3;3-6H,1-2H3;3H2,1-2H3. The van der Waals surface area contributed by atoms with Crippen LogP contribution in [-0.2, 0) is 9.53 Å². The van der Waals surface area contributed by atoms with Gasteiger partial charge >= 0.3 is 5.97 Å². The molecule has 0 saturated heterocycles. The van der Waals surface area contributed by atoms with Crippen molar-refractivity contribution in [2.24, 2.45) is 0 Å². The largest absolute Gasteiger partial charge is 0.465 e. The van der Waals surface area contributed by atoms with Crippen LogP contribution >= 0.6 is 0 Å². The van der Waals surface area contributed by atoms with Gasteiger partial charge in [0, 0.05) is 6.42 Å². The van der Waals surface area contributed by atoms with Gasteiger partial charge < -0.3 is 9.53 Å². The van der Waals surface area contributed by atoms with Gasteiger partial charge in [-0.3, -0.25) is 0 Å². The molecule has 0 bridgehead atoms. The Balaban J connectivity index is 0.000000586. The summed E-state index contributed by atoms with van der Waals surface area (Å²) in [5, 5.41) is 0. The van der Waals surface area contributed by atoms with Gasteiger partial charge in [-0.15, -0.1) is 0 Å². The zero-order valence-electron chi connectivity index (χ0n) is 19.2. The molecule has 0 radical (unpaired) electrons. The summed E-state index contributed by atoms with van der Waals surface area (Å²) in [6, 6.07) is 15.8. The molecule has 29 heavy (non-hydrogen) atoms. The predicted molar refractivity (Wildman–Crippen MR) is 123 cm³/mol. The molecule has 2 rings (SSSR count). The van der Waals surface area contributed by atoms with E-state index in [1.165, 1.54) is 24.7 Å². The first kappa shape index (κ1) is 26.6. The minimum absolute atomic E-state index is 0.200. The lowest BCUT2D eigenvalue weighted by molar-refractivity contribution is -0.117. The van der Waals surface area contributed by atoms with E-state index < -0.39 is 0 Å². The highest BCUT2D eigenvalue weighted by Crippen LogP contribution is 2.25. The second kappa shape index (κ2) is 15.5. The summed E-state index contributed by atoms with van der Waals surface area (Å²) in [5.41, 5.74) is 4.31. The average molecular weight is 399 g/mol. The van der Waals surface area contributed by atoms with Gasteiger partial charge in [0.05, 0.1) is 12.7 Å². The quantitative estimate of drug-likeness (QED) is 0.489. The number of Topliss-reactive ketones (excluding diaryl/α,β-unsaturated/α-hetero) is 1. The maximum absolute atomic E-state index is 11.3. The highest BCUT2D eigenvalue weighted by molar-refractivity contribution is 5.89. The molecule has 0 aliphatic heterocycles. The molecule has 0 fully saturated rings. The molecule has 0 saturated carbocycles. The van der Waals surface area contributed by atoms with Gasteiger partial charge in [0.2, 0.25) is 0 Å². The smallest absolute Gasteiger partial charge is 0.337 e. The zero-order chi connectivity index (χ0) is 22.2. The summed E-state index contributed by atoms with van der Waals surface area (Å²) in [6.45, 7) is 12.2. The van der Waals surface area contributed by atoms with Crippen LogP contribution in [-0.4, -0.2) is 18.9 Å². The monoisotopic (exact) mass is 398 g/mol. The minimum Gasteiger partial charge on any atom is -0.465 e. The zero-order valence-corrected chi connectivity index (χ0v) is 19.2. The molecule has 3 nitrogen and oxygen atoms in total. The van der Waals surface area contributed by atoms with Gasteiger partial charge in [0.25, 0.3) is 0 Å². The molecule has 0 amide bonds. The van der Waals surface area contributed by atoms with E-state index in [9.17, 15) is 9.59 Å². The Kier molecular flexibility index (Phi) is 14.2. The van der Waals surface area contributed by atoms with E-state index in [0.717, 1.165) is 18.4 Å². The lowest BCUT2D eigenvalue weighted by Crippen LogP contribution is -2.06. The fourth-order valence-electron chi connectivity index (χ4n) is 2.73. The molecule has 0 spiro atoms. The van der Waals surface area contributed by atoms with Crippen LogP contribution in [0.2, 0.25) is 0 Å². The van der Waals surface area contributed by atoms with E-state index in [-0.39, 0.29) is 17.7 Å². The number of carbonyl (C=O) groups excluding carboxylic acids is 2. The number of hydrogen-bond acceptors (Lipinski definition) is 3. The SMILES string of the molecule is CCC.CCCC(CC(C)=O)c1ccc(C(=O)OC)cc1.Cc1ccc(C)cc1. The Hall–Kier alpha value is -2.42. The van der Waals surface area contributed by atoms with Crippen molar-refractivity contribution in [2.75, 3.05) is 7.11 Å². The maximum Gasteiger partial charge on any atom is 0.337 e. The summed E-state index contributed by atoms with van der Waals surface area (Å²) >= 11 is 0. The summed E-state index contributed by atoms with van der Waals surface area (Å²) in [6.07, 6.45) is 3.83. The molecule has 2 aromatic carbocycles. The number of benzene rings is 2. The number of esters is 1. The lowest BCUT2D eigenvalue weighted by atomic mass is 9.89. The number of ether oxygens (including phenoxy) is 1. The van der Waals surface area contributed by atoms with Gasteiger partial charge in [0.15, 0.2) is 0 Å². The molecule has 0 heterocycles. The third-order valence-electron chi connectivity index (χ3n) is 4.19. The topological polar surface area (TPSA) is 43.4 Å². The molecule has 0 aromatic heterocycles. The van der Waals surface area contributed by atoms with E-state index in [2.05, 4.69) is 63.6 Å². The Bertz CT molecular complexity index is 679. The minimum atomic E-state index is -0.333. The van der Waals surface area contributed by atoms with E-state index >= 15 is 0 Å². The Morgan fingerprint density at radius 2 is 1.31 bits per heavy atom. The average Bonchev–Trinajstić information content (AvgIpc) is 2.70. The summed E-state index contributed by atoms with van der Waals surface area (Å²) < 4.78 is 4.66. The van der Waals surface area contributed by atoms with Crippen molar-refractivity contribution in [2.45, 2.75) is 73.1 Å². The normalized spacial score (nSPS) is 10.6. The van der Waals surface area contributed by atoms with E-state index in [1.54, 1.807) is 19.1 Å². The highest BCUT2D eigenvalue weighted by atomic mass is 16.5. The molecular formula is C26H38O3. The fraction of sp³-hybridized carbons (Fsp3) is 0.462. The second-order valence-electron chi connectivity index (χ2n) is 7.37. The van der Waals surface area contributed by atoms with Crippen molar-refractivity contribution < 1.29 is 14.3 Å². The van der Waals surface area contributed by atoms with Gasteiger partial charge in [-0.05, 0) is 50.8 Å². The van der Waals surface area contributed by atoms with Gasteiger partial charge in [-0.2, -0.15) is 0 Å². The van der Waals surface area contributed by atoms with Gasteiger partial charge in [-0.25, -0.2) is 4.79 Å². The first-order valence-electron chi connectivity index (χ1n) is 10.5. The van der Waals surface area contributed by atoms with Crippen LogP contribution < -0.4 is 0 Å². The van der Waals surface area contributed by atoms with Crippen molar-refractivity contribution >= 4 is 11.8 Å². The Morgan fingerprint density at radius 1 is 0.862 bits per heavy atom. The van der Waals surface area contributed by atoms with E-state index in [1.807, 2.05) is 12.1 Å². The van der Waals surface area contributed by atoms with Crippen LogP contribution in [0.3, 0.4) is 0 Å². The van der Waals surface area contributed by atoms with Crippen LogP contribution in [0, 0.1) is 13.8 Å². The first-order valence-corrected chi connectivity index (χ1v) is 10.5. The molecule has 0 aliphatic carbocycles. The highest BCUT2D eigenvalue weighted by Gasteiger charge is 2.14. The number of aryl methyl sites for hydroxylation is 2. The molecule has 0 N–H and O–H groups in total. The summed E-state index contributed by atoms with van der Waals surface area (Å²) in [4.78, 5) is 22.6. The summed E-state index contributed by atoms with van der Waals surface area (Å²) in [5.74, 6) is 0.116. The van der Waals surface area contributed by atoms with Crippen molar-refractivity contribution in [1.82, 2.24) is 0 Å². The van der Waals surface area contributed by atoms with Crippen LogP contribution in [0.25, 0.3) is 0 Å². The number of hydrogen-bond donors (Lipinski definition) is 0. The number of ketones is 1. The molecule has 0 aliphatic rings. The Labute approximate surface area is 177 Å². The van der Waals surface area contributed by atoms with Gasteiger partial charge in [0.1, 0.15) is 5.78 Å². The van der Waals surface area contributed by atoms with Gasteiger partial charge in [-0.1, -0.05) is 81.1 Å². The van der Waals surface area contributed by atoms with Crippen LogP contribution in [0.5, 0.6) is 0 Å². The molecular weight excluding hydrogens is 360 g/mol. The third-order valence-corrected chi connectivity index (χ3v) is 4.19. The maximum atomic E-state index is 11.3. The number of carbonyl (C=O) groups is 2. The summed E-state index contributed by atoms with van der Waals surface area (Å²) in [7, 11) is 1.37. The van der Waals surface area contributed by atoms with Crippen LogP contribution in [0.1, 0.15) is 86.3 Å². The predicted octanol–water partition coefficient (Wildman–Crippen LogP) is 7.06. The van der Waals surface area contributed by atoms with Crippen molar-refractivity contribution in [3.8, 4) is 0 Å². The third kappa shape index (κ3) is 11.9. The lowest BCUT2D eigenvalue weighted by Gasteiger charge is -2.15. The second-order valence-corrected chi connectivity index (χ2v) is 7.37. The molecule has 2 aromatic rings.